The van der Waals surface area contributed by atoms with Gasteiger partial charge >= 0.3 is 0 Å². The number of carbonyl (C=O) groups is 2. The number of aromatic nitrogens is 1. The number of rotatable bonds is 4. The molecule has 0 bridgehead atoms. The van der Waals surface area contributed by atoms with Gasteiger partial charge in [-0.1, -0.05) is 0 Å². The van der Waals surface area contributed by atoms with E-state index in [4.69, 9.17) is 11.5 Å². The van der Waals surface area contributed by atoms with Crippen LogP contribution in [-0.2, 0) is 4.79 Å². The van der Waals surface area contributed by atoms with Crippen molar-refractivity contribution in [2.75, 3.05) is 18.8 Å². The Morgan fingerprint density at radius 3 is 2.57 bits per heavy atom. The number of piperidine rings is 1. The first kappa shape index (κ1) is 17.2. The molecule has 5 N–H and O–H groups in total. The van der Waals surface area contributed by atoms with E-state index in [1.165, 1.54) is 6.20 Å². The number of anilines is 1. The van der Waals surface area contributed by atoms with Crippen molar-refractivity contribution < 1.29 is 9.59 Å². The number of hydrogen-bond donors (Lipinski definition) is 3. The summed E-state index contributed by atoms with van der Waals surface area (Å²) in [5, 5.41) is 3.01. The van der Waals surface area contributed by atoms with Crippen LogP contribution in [0.15, 0.2) is 18.3 Å². The monoisotopic (exact) mass is 319 g/mol. The average Bonchev–Trinajstić information content (AvgIpc) is 2.54. The summed E-state index contributed by atoms with van der Waals surface area (Å²) in [5.41, 5.74) is 11.7. The molecule has 2 rings (SSSR count). The van der Waals surface area contributed by atoms with Crippen LogP contribution < -0.4 is 16.8 Å². The second kappa shape index (κ2) is 7.41. The summed E-state index contributed by atoms with van der Waals surface area (Å²) in [5.74, 6) is 0.511. The highest BCUT2D eigenvalue weighted by Crippen LogP contribution is 2.21. The fraction of sp³-hybridized carbons (Fsp3) is 0.562. The molecule has 0 aromatic carbocycles. The molecule has 2 heterocycles. The van der Waals surface area contributed by atoms with Gasteiger partial charge in [0.2, 0.25) is 5.91 Å². The molecule has 1 aliphatic heterocycles. The van der Waals surface area contributed by atoms with Crippen LogP contribution in [0.1, 0.15) is 37.0 Å². The van der Waals surface area contributed by atoms with Gasteiger partial charge in [0.15, 0.2) is 0 Å². The first-order chi connectivity index (χ1) is 10.9. The zero-order valence-corrected chi connectivity index (χ0v) is 13.7. The van der Waals surface area contributed by atoms with E-state index in [9.17, 15) is 9.59 Å². The molecule has 1 aliphatic rings. The Balaban J connectivity index is 1.86. The molecule has 1 fully saturated rings. The van der Waals surface area contributed by atoms with Crippen molar-refractivity contribution in [1.82, 2.24) is 15.2 Å². The molecule has 1 aromatic rings. The van der Waals surface area contributed by atoms with Gasteiger partial charge in [0.25, 0.3) is 5.91 Å². The van der Waals surface area contributed by atoms with E-state index in [2.05, 4.69) is 10.3 Å². The number of nitrogens with one attached hydrogen (secondary N) is 1. The summed E-state index contributed by atoms with van der Waals surface area (Å²) in [7, 11) is 0. The topological polar surface area (TPSA) is 114 Å². The third kappa shape index (κ3) is 4.41. The predicted molar refractivity (Wildman–Crippen MR) is 88.5 cm³/mol. The minimum absolute atomic E-state index is 0.00704. The van der Waals surface area contributed by atoms with Crippen molar-refractivity contribution >= 4 is 17.6 Å². The summed E-state index contributed by atoms with van der Waals surface area (Å²) in [6, 6.07) is 2.78. The van der Waals surface area contributed by atoms with Crippen molar-refractivity contribution in [3.05, 3.63) is 23.9 Å². The number of amides is 2. The largest absolute Gasteiger partial charge is 0.384 e. The van der Waals surface area contributed by atoms with Gasteiger partial charge in [-0.2, -0.15) is 0 Å². The van der Waals surface area contributed by atoms with Gasteiger partial charge in [0.05, 0.1) is 6.04 Å². The summed E-state index contributed by atoms with van der Waals surface area (Å²) < 4.78 is 0. The van der Waals surface area contributed by atoms with Gasteiger partial charge < -0.3 is 21.7 Å². The van der Waals surface area contributed by atoms with Crippen LogP contribution in [0.4, 0.5) is 5.82 Å². The summed E-state index contributed by atoms with van der Waals surface area (Å²) in [6.45, 7) is 5.08. The lowest BCUT2D eigenvalue weighted by atomic mass is 9.90. The van der Waals surface area contributed by atoms with Gasteiger partial charge in [-0.25, -0.2) is 4.98 Å². The Labute approximate surface area is 136 Å². The molecule has 0 radical (unpaired) electrons. The van der Waals surface area contributed by atoms with Crippen LogP contribution in [0, 0.1) is 5.92 Å². The Kier molecular flexibility index (Phi) is 5.54. The molecule has 2 atom stereocenters. The van der Waals surface area contributed by atoms with Crippen LogP contribution in [0.2, 0.25) is 0 Å². The second-order valence-electron chi connectivity index (χ2n) is 6.18. The maximum atomic E-state index is 12.2. The molecule has 0 spiro atoms. The number of likely N-dealkylation sites (tertiary alicyclic amines) is 1. The molecule has 1 saturated heterocycles. The Morgan fingerprint density at radius 1 is 1.35 bits per heavy atom. The lowest BCUT2D eigenvalue weighted by Crippen LogP contribution is -2.49. The van der Waals surface area contributed by atoms with E-state index in [1.807, 2.05) is 6.92 Å². The number of carbonyl (C=O) groups excluding carboxylic acids is 2. The second-order valence-corrected chi connectivity index (χ2v) is 6.18. The number of pyridine rings is 1. The highest BCUT2D eigenvalue weighted by atomic mass is 16.2. The Morgan fingerprint density at radius 2 is 2.00 bits per heavy atom. The molecular weight excluding hydrogens is 294 g/mol. The molecule has 126 valence electrons. The van der Waals surface area contributed by atoms with Crippen LogP contribution in [0.25, 0.3) is 0 Å². The van der Waals surface area contributed by atoms with Crippen LogP contribution in [-0.4, -0.2) is 46.9 Å². The van der Waals surface area contributed by atoms with Crippen LogP contribution in [0.5, 0.6) is 0 Å². The minimum Gasteiger partial charge on any atom is -0.384 e. The smallest absolute Gasteiger partial charge is 0.251 e. The lowest BCUT2D eigenvalue weighted by Gasteiger charge is -2.35. The van der Waals surface area contributed by atoms with E-state index in [1.54, 1.807) is 24.0 Å². The normalized spacial score (nSPS) is 18.3. The molecular formula is C16H25N5O2. The molecule has 1 aromatic heterocycles. The van der Waals surface area contributed by atoms with E-state index in [0.29, 0.717) is 30.4 Å². The third-order valence-electron chi connectivity index (χ3n) is 4.35. The summed E-state index contributed by atoms with van der Waals surface area (Å²) >= 11 is 0. The minimum atomic E-state index is -0.458. The maximum Gasteiger partial charge on any atom is 0.251 e. The molecule has 1 unspecified atom stereocenters. The van der Waals surface area contributed by atoms with Crippen molar-refractivity contribution in [1.29, 1.82) is 0 Å². The number of hydrogen-bond acceptors (Lipinski definition) is 5. The number of nitrogen functional groups attached to an aromatic ring is 1. The Bertz CT molecular complexity index is 567. The van der Waals surface area contributed by atoms with Crippen molar-refractivity contribution in [3.63, 3.8) is 0 Å². The van der Waals surface area contributed by atoms with Crippen molar-refractivity contribution in [3.8, 4) is 0 Å². The third-order valence-corrected chi connectivity index (χ3v) is 4.35. The van der Waals surface area contributed by atoms with Crippen LogP contribution in [0.3, 0.4) is 0 Å². The van der Waals surface area contributed by atoms with Crippen molar-refractivity contribution in [2.24, 2.45) is 11.7 Å². The maximum absolute atomic E-state index is 12.2. The molecule has 2 amide bonds. The first-order valence-corrected chi connectivity index (χ1v) is 7.95. The highest BCUT2D eigenvalue weighted by molar-refractivity contribution is 5.94. The molecule has 23 heavy (non-hydrogen) atoms. The van der Waals surface area contributed by atoms with E-state index < -0.39 is 6.04 Å². The molecule has 7 nitrogen and oxygen atoms in total. The van der Waals surface area contributed by atoms with Crippen molar-refractivity contribution in [2.45, 2.75) is 38.8 Å². The van der Waals surface area contributed by atoms with Gasteiger partial charge in [-0.15, -0.1) is 0 Å². The molecule has 0 saturated carbocycles. The van der Waals surface area contributed by atoms with E-state index in [0.717, 1.165) is 12.8 Å². The number of nitrogens with zero attached hydrogens (tertiary/aromatic N) is 2. The van der Waals surface area contributed by atoms with Gasteiger partial charge in [-0.3, -0.25) is 9.59 Å². The zero-order chi connectivity index (χ0) is 17.0. The summed E-state index contributed by atoms with van der Waals surface area (Å²) in [4.78, 5) is 29.8. The number of nitrogens with two attached hydrogens (primary N) is 2. The van der Waals surface area contributed by atoms with Crippen LogP contribution >= 0.6 is 0 Å². The highest BCUT2D eigenvalue weighted by Gasteiger charge is 2.28. The quantitative estimate of drug-likeness (QED) is 0.741. The zero-order valence-electron chi connectivity index (χ0n) is 13.7. The Hall–Kier alpha value is -2.15. The fourth-order valence-electron chi connectivity index (χ4n) is 2.91. The van der Waals surface area contributed by atoms with Gasteiger partial charge in [0.1, 0.15) is 5.82 Å². The predicted octanol–water partition coefficient (Wildman–Crippen LogP) is 0.368. The standard InChI is InChI=1S/C16H25N5O2/c1-10(17)16(23)21-7-4-12(5-8-21)11(2)20-15(22)13-3-6-19-14(18)9-13/h3,6,9-12H,4-5,7-8,17H2,1-2H3,(H2,18,19)(H,20,22)/t10-,11?/m0/s1. The molecule has 7 heteroatoms. The van der Waals surface area contributed by atoms with E-state index >= 15 is 0 Å². The first-order valence-electron chi connectivity index (χ1n) is 7.95. The lowest BCUT2D eigenvalue weighted by molar-refractivity contribution is -0.133. The molecule has 0 aliphatic carbocycles. The summed E-state index contributed by atoms with van der Waals surface area (Å²) in [6.07, 6.45) is 3.24. The average molecular weight is 319 g/mol. The SMILES string of the molecule is CC(NC(=O)c1ccnc(N)c1)C1CCN(C(=O)[C@H](C)N)CC1. The fourth-order valence-corrected chi connectivity index (χ4v) is 2.91. The van der Waals surface area contributed by atoms with E-state index in [-0.39, 0.29) is 17.9 Å². The van der Waals surface area contributed by atoms with Gasteiger partial charge in [0, 0.05) is 30.9 Å². The van der Waals surface area contributed by atoms with Gasteiger partial charge in [-0.05, 0) is 44.7 Å².